The van der Waals surface area contributed by atoms with Crippen LogP contribution in [-0.4, -0.2) is 61.3 Å². The Balaban J connectivity index is 1.25. The van der Waals surface area contributed by atoms with Gasteiger partial charge in [-0.25, -0.2) is 9.59 Å². The molecule has 5 aromatic carbocycles. The van der Waals surface area contributed by atoms with E-state index in [1.54, 1.807) is 24.3 Å². The highest BCUT2D eigenvalue weighted by Crippen LogP contribution is 2.21. The predicted octanol–water partition coefficient (Wildman–Crippen LogP) is 7.69. The van der Waals surface area contributed by atoms with E-state index in [1.807, 2.05) is 48.5 Å². The Bertz CT molecular complexity index is 1580. The lowest BCUT2D eigenvalue weighted by atomic mass is 10.1. The third kappa shape index (κ3) is 10.5. The van der Waals surface area contributed by atoms with Crippen molar-refractivity contribution < 1.29 is 28.0 Å². The van der Waals surface area contributed by atoms with Gasteiger partial charge in [-0.15, -0.1) is 0 Å². The molecule has 6 heteroatoms. The van der Waals surface area contributed by atoms with Crippen LogP contribution < -0.4 is 0 Å². The van der Waals surface area contributed by atoms with Gasteiger partial charge in [-0.1, -0.05) is 121 Å². The highest BCUT2D eigenvalue weighted by Gasteiger charge is 2.26. The van der Waals surface area contributed by atoms with Crippen molar-refractivity contribution in [2.45, 2.75) is 26.2 Å². The van der Waals surface area contributed by atoms with Gasteiger partial charge in [-0.05, 0) is 24.3 Å². The van der Waals surface area contributed by atoms with Crippen molar-refractivity contribution in [3.05, 3.63) is 179 Å². The van der Waals surface area contributed by atoms with E-state index in [9.17, 15) is 9.59 Å². The third-order valence-corrected chi connectivity index (χ3v) is 8.71. The summed E-state index contributed by atoms with van der Waals surface area (Å²) in [6, 6.07) is 48.1. The average molecular weight is 643 g/mol. The van der Waals surface area contributed by atoms with Crippen LogP contribution in [0.3, 0.4) is 0 Å². The maximum absolute atomic E-state index is 12.6. The van der Waals surface area contributed by atoms with Crippen molar-refractivity contribution in [3.8, 4) is 0 Å². The van der Waals surface area contributed by atoms with Crippen molar-refractivity contribution in [3.63, 3.8) is 0 Å². The van der Waals surface area contributed by atoms with Crippen LogP contribution in [0.25, 0.3) is 0 Å². The minimum atomic E-state index is -0.294. The number of likely N-dealkylation sites (N-methyl/N-ethyl adjacent to an activating group) is 2. The maximum atomic E-state index is 12.6. The SMILES string of the molecule is C[N+](CCOC(=O)c1ccccc1)(Cc1ccccc1)Cc1ccc(C[N+](C)(CCOC(=O)c2ccccc2)Cc2ccccc2)cc1. The predicted molar refractivity (Wildman–Crippen MR) is 190 cm³/mol. The molecule has 0 heterocycles. The lowest BCUT2D eigenvalue weighted by Gasteiger charge is -2.35. The number of ether oxygens (including phenoxy) is 2. The molecule has 2 unspecified atom stereocenters. The zero-order chi connectivity index (χ0) is 33.7. The summed E-state index contributed by atoms with van der Waals surface area (Å²) in [5.41, 5.74) is 6.07. The van der Waals surface area contributed by atoms with E-state index >= 15 is 0 Å². The number of quaternary nitrogens is 2. The monoisotopic (exact) mass is 642 g/mol. The van der Waals surface area contributed by atoms with E-state index < -0.39 is 0 Å². The van der Waals surface area contributed by atoms with Gasteiger partial charge in [0, 0.05) is 22.3 Å². The first kappa shape index (κ1) is 34.3. The second-order valence-electron chi connectivity index (χ2n) is 13.1. The van der Waals surface area contributed by atoms with Crippen LogP contribution in [0.2, 0.25) is 0 Å². The Morgan fingerprint density at radius 2 is 0.688 bits per heavy atom. The van der Waals surface area contributed by atoms with Crippen LogP contribution >= 0.6 is 0 Å². The number of carbonyl (C=O) groups is 2. The minimum Gasteiger partial charge on any atom is -0.456 e. The van der Waals surface area contributed by atoms with E-state index in [4.69, 9.17) is 9.47 Å². The average Bonchev–Trinajstić information content (AvgIpc) is 3.10. The molecule has 0 aliphatic heterocycles. The first-order valence-corrected chi connectivity index (χ1v) is 16.6. The Kier molecular flexibility index (Phi) is 11.9. The number of nitrogens with zero attached hydrogens (tertiary/aromatic N) is 2. The number of carbonyl (C=O) groups excluding carboxylic acids is 2. The topological polar surface area (TPSA) is 52.6 Å². The highest BCUT2D eigenvalue weighted by molar-refractivity contribution is 5.89. The summed E-state index contributed by atoms with van der Waals surface area (Å²) < 4.78 is 12.8. The first-order chi connectivity index (χ1) is 23.3. The Labute approximate surface area is 285 Å². The van der Waals surface area contributed by atoms with Crippen LogP contribution in [0.5, 0.6) is 0 Å². The molecule has 48 heavy (non-hydrogen) atoms. The molecule has 0 aliphatic carbocycles. The van der Waals surface area contributed by atoms with Crippen molar-refractivity contribution in [2.75, 3.05) is 40.4 Å². The van der Waals surface area contributed by atoms with Crippen LogP contribution in [0.1, 0.15) is 43.0 Å². The zero-order valence-corrected chi connectivity index (χ0v) is 28.0. The quantitative estimate of drug-likeness (QED) is 0.0818. The molecule has 5 aromatic rings. The maximum Gasteiger partial charge on any atom is 0.338 e. The van der Waals surface area contributed by atoms with Gasteiger partial charge in [-0.2, -0.15) is 0 Å². The molecule has 5 rings (SSSR count). The molecule has 0 radical (unpaired) electrons. The normalized spacial score (nSPS) is 13.5. The molecule has 0 aromatic heterocycles. The summed E-state index contributed by atoms with van der Waals surface area (Å²) in [5, 5.41) is 0. The van der Waals surface area contributed by atoms with Crippen molar-refractivity contribution >= 4 is 11.9 Å². The number of hydrogen-bond donors (Lipinski definition) is 0. The fourth-order valence-electron chi connectivity index (χ4n) is 6.14. The van der Waals surface area contributed by atoms with Gasteiger partial charge >= 0.3 is 11.9 Å². The second-order valence-corrected chi connectivity index (χ2v) is 13.1. The summed E-state index contributed by atoms with van der Waals surface area (Å²) in [6.45, 7) is 5.26. The van der Waals surface area contributed by atoms with Crippen molar-refractivity contribution in [2.24, 2.45) is 0 Å². The molecule has 0 fully saturated rings. The van der Waals surface area contributed by atoms with Gasteiger partial charge in [0.15, 0.2) is 0 Å². The van der Waals surface area contributed by atoms with E-state index in [2.05, 4.69) is 86.9 Å². The molecule has 0 aliphatic rings. The summed E-state index contributed by atoms with van der Waals surface area (Å²) >= 11 is 0. The lowest BCUT2D eigenvalue weighted by molar-refractivity contribution is -0.935. The fraction of sp³-hybridized carbons (Fsp3) is 0.238. The van der Waals surface area contributed by atoms with Gasteiger partial charge < -0.3 is 18.4 Å². The summed E-state index contributed by atoms with van der Waals surface area (Å²) in [7, 11) is 4.45. The summed E-state index contributed by atoms with van der Waals surface area (Å²) in [6.07, 6.45) is 0. The van der Waals surface area contributed by atoms with E-state index in [0.717, 1.165) is 26.2 Å². The van der Waals surface area contributed by atoms with Crippen LogP contribution in [0.4, 0.5) is 0 Å². The van der Waals surface area contributed by atoms with Crippen LogP contribution in [-0.2, 0) is 35.7 Å². The Morgan fingerprint density at radius 3 is 1.00 bits per heavy atom. The van der Waals surface area contributed by atoms with Gasteiger partial charge in [0.1, 0.15) is 52.5 Å². The molecule has 0 saturated heterocycles. The molecular weight excluding hydrogens is 596 g/mol. The summed E-state index contributed by atoms with van der Waals surface area (Å²) in [4.78, 5) is 25.2. The largest absolute Gasteiger partial charge is 0.456 e. The Morgan fingerprint density at radius 1 is 0.417 bits per heavy atom. The molecular formula is C42H46N2O4+2. The van der Waals surface area contributed by atoms with E-state index in [-0.39, 0.29) is 11.9 Å². The van der Waals surface area contributed by atoms with E-state index in [1.165, 1.54) is 22.3 Å². The van der Waals surface area contributed by atoms with Crippen LogP contribution in [0, 0.1) is 0 Å². The lowest BCUT2D eigenvalue weighted by Crippen LogP contribution is -2.45. The fourth-order valence-corrected chi connectivity index (χ4v) is 6.14. The molecule has 0 amide bonds. The third-order valence-electron chi connectivity index (χ3n) is 8.71. The van der Waals surface area contributed by atoms with E-state index in [0.29, 0.717) is 46.4 Å². The van der Waals surface area contributed by atoms with Gasteiger partial charge in [0.25, 0.3) is 0 Å². The molecule has 0 saturated carbocycles. The highest BCUT2D eigenvalue weighted by atomic mass is 16.5. The minimum absolute atomic E-state index is 0.294. The van der Waals surface area contributed by atoms with Gasteiger partial charge in [-0.3, -0.25) is 0 Å². The first-order valence-electron chi connectivity index (χ1n) is 16.6. The second kappa shape index (κ2) is 16.7. The number of esters is 2. The van der Waals surface area contributed by atoms with Gasteiger partial charge in [0.2, 0.25) is 0 Å². The Hall–Kier alpha value is -5.04. The molecule has 6 nitrogen and oxygen atoms in total. The van der Waals surface area contributed by atoms with Gasteiger partial charge in [0.05, 0.1) is 25.2 Å². The number of hydrogen-bond acceptors (Lipinski definition) is 4. The summed E-state index contributed by atoms with van der Waals surface area (Å²) in [5.74, 6) is -0.588. The smallest absolute Gasteiger partial charge is 0.338 e. The molecule has 0 bridgehead atoms. The molecule has 0 spiro atoms. The number of benzene rings is 5. The molecule has 2 atom stereocenters. The van der Waals surface area contributed by atoms with Crippen molar-refractivity contribution in [1.82, 2.24) is 0 Å². The van der Waals surface area contributed by atoms with Crippen molar-refractivity contribution in [1.29, 1.82) is 0 Å². The standard InChI is InChI=1S/C42H46N2O4/c1-43(31-35-15-7-3-8-16-35,27-29-47-41(45)39-19-11-5-12-20-39)33-37-23-25-38(26-24-37)34-44(2,32-36-17-9-4-10-18-36)28-30-48-42(46)40-21-13-6-14-22-40/h3-26H,27-34H2,1-2H3/q+2. The molecule has 0 N–H and O–H groups in total. The van der Waals surface area contributed by atoms with Crippen LogP contribution in [0.15, 0.2) is 146 Å². The number of rotatable bonds is 16. The molecule has 246 valence electrons. The zero-order valence-electron chi connectivity index (χ0n) is 28.0.